The maximum atomic E-state index is 13.4. The maximum absolute atomic E-state index is 13.4. The lowest BCUT2D eigenvalue weighted by atomic mass is 10.1. The van der Waals surface area contributed by atoms with Gasteiger partial charge in [0.25, 0.3) is 0 Å². The van der Waals surface area contributed by atoms with Crippen LogP contribution in [0.4, 0.5) is 15.9 Å². The molecule has 0 saturated carbocycles. The van der Waals surface area contributed by atoms with Crippen molar-refractivity contribution in [2.45, 2.75) is 6.92 Å². The predicted octanol–water partition coefficient (Wildman–Crippen LogP) is 5.86. The molecular weight excluding hydrogens is 315 g/mol. The van der Waals surface area contributed by atoms with Crippen molar-refractivity contribution in [3.05, 3.63) is 84.3 Å². The molecule has 5 heteroatoms. The van der Waals surface area contributed by atoms with Crippen molar-refractivity contribution < 1.29 is 4.39 Å². The molecular formula is C20H15FN4. The first-order chi connectivity index (χ1) is 12.2. The van der Waals surface area contributed by atoms with E-state index < -0.39 is 0 Å². The lowest BCUT2D eigenvalue weighted by Crippen LogP contribution is -1.85. The molecule has 4 aromatic rings. The predicted molar refractivity (Wildman–Crippen MR) is 95.9 cm³/mol. The first kappa shape index (κ1) is 15.2. The zero-order valence-corrected chi connectivity index (χ0v) is 13.6. The summed E-state index contributed by atoms with van der Waals surface area (Å²) in [7, 11) is 0. The quantitative estimate of drug-likeness (QED) is 0.433. The third kappa shape index (κ3) is 3.04. The number of halogens is 1. The zero-order valence-electron chi connectivity index (χ0n) is 13.6. The van der Waals surface area contributed by atoms with Crippen LogP contribution in [-0.2, 0) is 0 Å². The summed E-state index contributed by atoms with van der Waals surface area (Å²) >= 11 is 0. The molecule has 122 valence electrons. The van der Waals surface area contributed by atoms with Crippen LogP contribution in [0.2, 0.25) is 0 Å². The van der Waals surface area contributed by atoms with Crippen LogP contribution < -0.4 is 0 Å². The average molecular weight is 330 g/mol. The standard InChI is InChI=1S/C20H15FN4/c1-14-10-11-18-22-19(15-6-3-2-4-7-15)20(25(18)13-14)24-23-17-9-5-8-16(21)12-17/h2-13H,1H3. The van der Waals surface area contributed by atoms with Crippen LogP contribution >= 0.6 is 0 Å². The number of azo groups is 1. The van der Waals surface area contributed by atoms with Crippen LogP contribution in [0.25, 0.3) is 16.9 Å². The molecule has 2 heterocycles. The first-order valence-electron chi connectivity index (χ1n) is 7.92. The van der Waals surface area contributed by atoms with Crippen LogP contribution in [0.15, 0.2) is 83.2 Å². The number of hydrogen-bond acceptors (Lipinski definition) is 3. The molecule has 0 atom stereocenters. The van der Waals surface area contributed by atoms with Gasteiger partial charge >= 0.3 is 0 Å². The summed E-state index contributed by atoms with van der Waals surface area (Å²) in [5.74, 6) is 0.280. The van der Waals surface area contributed by atoms with E-state index in [-0.39, 0.29) is 5.82 Å². The fourth-order valence-electron chi connectivity index (χ4n) is 2.67. The van der Waals surface area contributed by atoms with Gasteiger partial charge in [-0.3, -0.25) is 4.40 Å². The fourth-order valence-corrected chi connectivity index (χ4v) is 2.67. The number of fused-ring (bicyclic) bond motifs is 1. The van der Waals surface area contributed by atoms with E-state index in [0.717, 1.165) is 22.5 Å². The van der Waals surface area contributed by atoms with E-state index in [0.29, 0.717) is 11.5 Å². The van der Waals surface area contributed by atoms with Crippen molar-refractivity contribution in [2.75, 3.05) is 0 Å². The minimum absolute atomic E-state index is 0.339. The molecule has 4 rings (SSSR count). The summed E-state index contributed by atoms with van der Waals surface area (Å²) in [5.41, 5.74) is 4.04. The zero-order chi connectivity index (χ0) is 17.2. The van der Waals surface area contributed by atoms with Crippen molar-refractivity contribution in [3.8, 4) is 11.3 Å². The van der Waals surface area contributed by atoms with Gasteiger partial charge in [-0.1, -0.05) is 42.5 Å². The molecule has 2 aromatic carbocycles. The SMILES string of the molecule is Cc1ccc2nc(-c3ccccc3)c(N=Nc3cccc(F)c3)n2c1. The fraction of sp³-hybridized carbons (Fsp3) is 0.0500. The maximum Gasteiger partial charge on any atom is 0.187 e. The van der Waals surface area contributed by atoms with Gasteiger partial charge in [-0.2, -0.15) is 0 Å². The molecule has 0 unspecified atom stereocenters. The molecule has 0 aliphatic carbocycles. The number of imidazole rings is 1. The highest BCUT2D eigenvalue weighted by Crippen LogP contribution is 2.32. The highest BCUT2D eigenvalue weighted by molar-refractivity contribution is 5.74. The molecule has 0 amide bonds. The molecule has 0 spiro atoms. The van der Waals surface area contributed by atoms with Crippen LogP contribution in [0.5, 0.6) is 0 Å². The Morgan fingerprint density at radius 2 is 1.76 bits per heavy atom. The molecule has 4 nitrogen and oxygen atoms in total. The Morgan fingerprint density at radius 3 is 2.56 bits per heavy atom. The second-order valence-corrected chi connectivity index (χ2v) is 5.76. The number of hydrogen-bond donors (Lipinski definition) is 0. The summed E-state index contributed by atoms with van der Waals surface area (Å²) in [6.45, 7) is 2.01. The monoisotopic (exact) mass is 330 g/mol. The number of pyridine rings is 1. The number of rotatable bonds is 3. The lowest BCUT2D eigenvalue weighted by Gasteiger charge is -2.00. The summed E-state index contributed by atoms with van der Waals surface area (Å²) in [6, 6.07) is 19.8. The van der Waals surface area contributed by atoms with E-state index >= 15 is 0 Å². The highest BCUT2D eigenvalue weighted by atomic mass is 19.1. The van der Waals surface area contributed by atoms with Gasteiger partial charge in [0.15, 0.2) is 5.82 Å². The molecule has 0 aliphatic rings. The third-order valence-corrected chi connectivity index (χ3v) is 3.86. The molecule has 0 N–H and O–H groups in total. The van der Waals surface area contributed by atoms with E-state index in [1.165, 1.54) is 12.1 Å². The second-order valence-electron chi connectivity index (χ2n) is 5.76. The number of aryl methyl sites for hydroxylation is 1. The third-order valence-electron chi connectivity index (χ3n) is 3.86. The lowest BCUT2D eigenvalue weighted by molar-refractivity contribution is 0.628. The Balaban J connectivity index is 1.89. The average Bonchev–Trinajstić information content (AvgIpc) is 2.98. The smallest absolute Gasteiger partial charge is 0.187 e. The van der Waals surface area contributed by atoms with Gasteiger partial charge in [-0.15, -0.1) is 10.2 Å². The van der Waals surface area contributed by atoms with Crippen LogP contribution in [0.1, 0.15) is 5.56 Å². The van der Waals surface area contributed by atoms with Gasteiger partial charge in [0, 0.05) is 17.8 Å². The molecule has 0 saturated heterocycles. The van der Waals surface area contributed by atoms with E-state index in [1.54, 1.807) is 12.1 Å². The van der Waals surface area contributed by atoms with Gasteiger partial charge in [-0.25, -0.2) is 9.37 Å². The van der Waals surface area contributed by atoms with Gasteiger partial charge in [0.1, 0.15) is 17.2 Å². The second kappa shape index (κ2) is 6.28. The van der Waals surface area contributed by atoms with Gasteiger partial charge in [-0.05, 0) is 30.7 Å². The summed E-state index contributed by atoms with van der Waals surface area (Å²) in [6.07, 6.45) is 1.97. The Bertz CT molecular complexity index is 1070. The van der Waals surface area contributed by atoms with Gasteiger partial charge in [0.2, 0.25) is 0 Å². The van der Waals surface area contributed by atoms with Crippen molar-refractivity contribution in [1.82, 2.24) is 9.38 Å². The van der Waals surface area contributed by atoms with Gasteiger partial charge in [0.05, 0.1) is 5.69 Å². The van der Waals surface area contributed by atoms with E-state index in [9.17, 15) is 4.39 Å². The van der Waals surface area contributed by atoms with Crippen molar-refractivity contribution in [3.63, 3.8) is 0 Å². The van der Waals surface area contributed by atoms with Crippen molar-refractivity contribution in [1.29, 1.82) is 0 Å². The molecule has 0 fully saturated rings. The summed E-state index contributed by atoms with van der Waals surface area (Å²) in [5, 5.41) is 8.58. The minimum Gasteiger partial charge on any atom is -0.282 e. The normalized spacial score (nSPS) is 11.4. The molecule has 0 radical (unpaired) electrons. The minimum atomic E-state index is -0.339. The largest absolute Gasteiger partial charge is 0.282 e. The summed E-state index contributed by atoms with van der Waals surface area (Å²) in [4.78, 5) is 4.69. The molecule has 25 heavy (non-hydrogen) atoms. The van der Waals surface area contributed by atoms with Crippen molar-refractivity contribution >= 4 is 17.2 Å². The Hall–Kier alpha value is -3.34. The van der Waals surface area contributed by atoms with E-state index in [2.05, 4.69) is 15.2 Å². The van der Waals surface area contributed by atoms with E-state index in [1.807, 2.05) is 60.0 Å². The topological polar surface area (TPSA) is 42.0 Å². The van der Waals surface area contributed by atoms with Crippen LogP contribution in [-0.4, -0.2) is 9.38 Å². The van der Waals surface area contributed by atoms with Crippen LogP contribution in [0, 0.1) is 12.7 Å². The number of aromatic nitrogens is 2. The van der Waals surface area contributed by atoms with Crippen LogP contribution in [0.3, 0.4) is 0 Å². The Labute approximate surface area is 144 Å². The Kier molecular flexibility index (Phi) is 3.82. The van der Waals surface area contributed by atoms with Crippen molar-refractivity contribution in [2.24, 2.45) is 10.2 Å². The highest BCUT2D eigenvalue weighted by Gasteiger charge is 2.14. The number of nitrogens with zero attached hydrogens (tertiary/aromatic N) is 4. The first-order valence-corrected chi connectivity index (χ1v) is 7.92. The molecule has 2 aromatic heterocycles. The van der Waals surface area contributed by atoms with E-state index in [4.69, 9.17) is 0 Å². The Morgan fingerprint density at radius 1 is 0.920 bits per heavy atom. The molecule has 0 bridgehead atoms. The molecule has 0 aliphatic heterocycles. The van der Waals surface area contributed by atoms with Gasteiger partial charge < -0.3 is 0 Å². The number of benzene rings is 2. The summed E-state index contributed by atoms with van der Waals surface area (Å²) < 4.78 is 15.3.